The van der Waals surface area contributed by atoms with Crippen LogP contribution in [0.3, 0.4) is 0 Å². The van der Waals surface area contributed by atoms with Gasteiger partial charge in [0.25, 0.3) is 5.91 Å². The zero-order valence-corrected chi connectivity index (χ0v) is 14.4. The van der Waals surface area contributed by atoms with Crippen molar-refractivity contribution in [3.8, 4) is 0 Å². The molecule has 3 fully saturated rings. The van der Waals surface area contributed by atoms with Gasteiger partial charge in [-0.3, -0.25) is 9.59 Å². The van der Waals surface area contributed by atoms with Crippen LogP contribution < -0.4 is 10.6 Å². The van der Waals surface area contributed by atoms with Crippen molar-refractivity contribution in [2.24, 2.45) is 17.1 Å². The van der Waals surface area contributed by atoms with Gasteiger partial charge in [0.1, 0.15) is 0 Å². The van der Waals surface area contributed by atoms with Gasteiger partial charge in [0.05, 0.1) is 12.0 Å². The molecule has 6 nitrogen and oxygen atoms in total. The van der Waals surface area contributed by atoms with E-state index in [1.54, 1.807) is 4.90 Å². The molecule has 2 amide bonds. The van der Waals surface area contributed by atoms with Crippen LogP contribution in [0.4, 0.5) is 5.69 Å². The van der Waals surface area contributed by atoms with Gasteiger partial charge in [-0.2, -0.15) is 0 Å². The summed E-state index contributed by atoms with van der Waals surface area (Å²) in [5.74, 6) is -0.317. The van der Waals surface area contributed by atoms with E-state index in [0.717, 1.165) is 18.8 Å². The summed E-state index contributed by atoms with van der Waals surface area (Å²) < 4.78 is 5.53. The van der Waals surface area contributed by atoms with Crippen molar-refractivity contribution in [3.63, 3.8) is 0 Å². The highest BCUT2D eigenvalue weighted by Gasteiger charge is 2.53. The fourth-order valence-corrected chi connectivity index (χ4v) is 4.50. The molecule has 6 heteroatoms. The molecular formula is C19H25N3O3. The van der Waals surface area contributed by atoms with Crippen molar-refractivity contribution in [1.82, 2.24) is 4.90 Å². The Morgan fingerprint density at radius 1 is 1.24 bits per heavy atom. The van der Waals surface area contributed by atoms with E-state index >= 15 is 0 Å². The Balaban J connectivity index is 1.55. The van der Waals surface area contributed by atoms with Crippen molar-refractivity contribution in [1.29, 1.82) is 0 Å². The Morgan fingerprint density at radius 2 is 2.04 bits per heavy atom. The molecule has 3 aliphatic rings. The number of hydrogen-bond donors (Lipinski definition) is 1. The Labute approximate surface area is 147 Å². The van der Waals surface area contributed by atoms with Crippen LogP contribution in [0.15, 0.2) is 24.3 Å². The quantitative estimate of drug-likeness (QED) is 0.896. The molecule has 0 bridgehead atoms. The van der Waals surface area contributed by atoms with Crippen LogP contribution in [-0.2, 0) is 9.53 Å². The number of carbonyl (C=O) groups excluding carboxylic acids is 2. The average molecular weight is 343 g/mol. The van der Waals surface area contributed by atoms with Crippen molar-refractivity contribution < 1.29 is 14.3 Å². The molecule has 25 heavy (non-hydrogen) atoms. The van der Waals surface area contributed by atoms with Crippen molar-refractivity contribution in [2.45, 2.75) is 19.3 Å². The normalized spacial score (nSPS) is 28.9. The molecule has 1 aromatic carbocycles. The van der Waals surface area contributed by atoms with Gasteiger partial charge in [0, 0.05) is 50.0 Å². The molecule has 3 aliphatic heterocycles. The Hall–Kier alpha value is -2.08. The maximum atomic E-state index is 13.0. The lowest BCUT2D eigenvalue weighted by molar-refractivity contribution is -0.135. The Morgan fingerprint density at radius 3 is 2.76 bits per heavy atom. The third-order valence-electron chi connectivity index (χ3n) is 6.05. The first kappa shape index (κ1) is 16.4. The highest BCUT2D eigenvalue weighted by atomic mass is 16.5. The van der Waals surface area contributed by atoms with E-state index in [1.807, 2.05) is 18.2 Å². The summed E-state index contributed by atoms with van der Waals surface area (Å²) in [6, 6.07) is 7.84. The topological polar surface area (TPSA) is 75.9 Å². The molecule has 0 radical (unpaired) electrons. The summed E-state index contributed by atoms with van der Waals surface area (Å²) in [7, 11) is 0. The molecule has 3 heterocycles. The third-order valence-corrected chi connectivity index (χ3v) is 6.05. The molecule has 0 saturated carbocycles. The van der Waals surface area contributed by atoms with E-state index in [0.29, 0.717) is 38.3 Å². The van der Waals surface area contributed by atoms with Gasteiger partial charge in [0.15, 0.2) is 0 Å². The van der Waals surface area contributed by atoms with Gasteiger partial charge in [-0.05, 0) is 37.5 Å². The third kappa shape index (κ3) is 2.78. The second-order valence-electron chi connectivity index (χ2n) is 7.47. The lowest BCUT2D eigenvalue weighted by Crippen LogP contribution is -2.48. The lowest BCUT2D eigenvalue weighted by atomic mass is 9.74. The number of primary amides is 1. The number of benzene rings is 1. The van der Waals surface area contributed by atoms with E-state index in [2.05, 4.69) is 11.0 Å². The summed E-state index contributed by atoms with van der Waals surface area (Å²) in [4.78, 5) is 29.3. The maximum absolute atomic E-state index is 13.0. The van der Waals surface area contributed by atoms with Crippen molar-refractivity contribution in [3.05, 3.63) is 29.8 Å². The molecule has 0 spiro atoms. The fourth-order valence-electron chi connectivity index (χ4n) is 4.50. The number of likely N-dealkylation sites (tertiary alicyclic amines) is 1. The molecular weight excluding hydrogens is 318 g/mol. The van der Waals surface area contributed by atoms with Gasteiger partial charge in [-0.25, -0.2) is 0 Å². The first-order chi connectivity index (χ1) is 12.1. The van der Waals surface area contributed by atoms with Crippen LogP contribution in [0, 0.1) is 11.3 Å². The standard InChI is InChI=1S/C19H25N3O3/c20-18(24)19-6-9-25-12-15(19)11-22(13-19)17(23)14-4-3-5-16(10-14)21-7-1-2-8-21/h3-5,10,15H,1-2,6-9,11-13H2,(H2,20,24)/t15-,19+/m1/s1. The van der Waals surface area contributed by atoms with Gasteiger partial charge in [-0.1, -0.05) is 6.07 Å². The van der Waals surface area contributed by atoms with Crippen molar-refractivity contribution >= 4 is 17.5 Å². The molecule has 3 saturated heterocycles. The fraction of sp³-hybridized carbons (Fsp3) is 0.579. The molecule has 0 aromatic heterocycles. The van der Waals surface area contributed by atoms with Crippen molar-refractivity contribution in [2.75, 3.05) is 44.3 Å². The summed E-state index contributed by atoms with van der Waals surface area (Å²) in [5, 5.41) is 0. The smallest absolute Gasteiger partial charge is 0.253 e. The average Bonchev–Trinajstić information content (AvgIpc) is 3.29. The van der Waals surface area contributed by atoms with E-state index < -0.39 is 5.41 Å². The highest BCUT2D eigenvalue weighted by molar-refractivity contribution is 5.96. The first-order valence-corrected chi connectivity index (χ1v) is 9.12. The monoisotopic (exact) mass is 343 g/mol. The number of rotatable bonds is 3. The highest BCUT2D eigenvalue weighted by Crippen LogP contribution is 2.42. The Bertz CT molecular complexity index is 686. The number of fused-ring (bicyclic) bond motifs is 1. The molecule has 2 atom stereocenters. The number of amides is 2. The molecule has 1 aromatic rings. The summed E-state index contributed by atoms with van der Waals surface area (Å²) in [6.45, 7) is 4.07. The zero-order valence-electron chi connectivity index (χ0n) is 14.4. The van der Waals surface area contributed by atoms with Gasteiger partial charge in [0.2, 0.25) is 5.91 Å². The maximum Gasteiger partial charge on any atom is 0.253 e. The number of carbonyl (C=O) groups is 2. The van der Waals surface area contributed by atoms with Crippen LogP contribution in [0.2, 0.25) is 0 Å². The van der Waals surface area contributed by atoms with Crippen LogP contribution in [0.25, 0.3) is 0 Å². The molecule has 4 rings (SSSR count). The molecule has 0 aliphatic carbocycles. The predicted octanol–water partition coefficient (Wildman–Crippen LogP) is 1.25. The van der Waals surface area contributed by atoms with Crippen LogP contribution in [-0.4, -0.2) is 56.1 Å². The van der Waals surface area contributed by atoms with E-state index in [4.69, 9.17) is 10.5 Å². The van der Waals surface area contributed by atoms with Crippen LogP contribution >= 0.6 is 0 Å². The Kier molecular flexibility index (Phi) is 4.15. The lowest BCUT2D eigenvalue weighted by Gasteiger charge is -2.34. The number of nitrogens with two attached hydrogens (primary N) is 1. The van der Waals surface area contributed by atoms with Crippen LogP contribution in [0.5, 0.6) is 0 Å². The van der Waals surface area contributed by atoms with E-state index in [-0.39, 0.29) is 17.7 Å². The summed E-state index contributed by atoms with van der Waals surface area (Å²) in [6.07, 6.45) is 3.00. The number of ether oxygens (including phenoxy) is 1. The summed E-state index contributed by atoms with van der Waals surface area (Å²) >= 11 is 0. The number of nitrogens with zero attached hydrogens (tertiary/aromatic N) is 2. The first-order valence-electron chi connectivity index (χ1n) is 9.12. The van der Waals surface area contributed by atoms with Gasteiger partial charge >= 0.3 is 0 Å². The SMILES string of the molecule is NC(=O)[C@]12CCOC[C@H]1CN(C(=O)c1cccc(N3CCCC3)c1)C2. The molecule has 134 valence electrons. The minimum absolute atomic E-state index is 0.00413. The molecule has 0 unspecified atom stereocenters. The van der Waals surface area contributed by atoms with Crippen LogP contribution in [0.1, 0.15) is 29.6 Å². The minimum atomic E-state index is -0.625. The van der Waals surface area contributed by atoms with E-state index in [9.17, 15) is 9.59 Å². The summed E-state index contributed by atoms with van der Waals surface area (Å²) in [5.41, 5.74) is 6.88. The second-order valence-corrected chi connectivity index (χ2v) is 7.47. The van der Waals surface area contributed by atoms with Gasteiger partial charge < -0.3 is 20.3 Å². The van der Waals surface area contributed by atoms with Gasteiger partial charge in [-0.15, -0.1) is 0 Å². The number of hydrogen-bond acceptors (Lipinski definition) is 4. The second kappa shape index (κ2) is 6.33. The minimum Gasteiger partial charge on any atom is -0.381 e. The zero-order chi connectivity index (χ0) is 17.4. The predicted molar refractivity (Wildman–Crippen MR) is 94.3 cm³/mol. The molecule has 2 N–H and O–H groups in total. The van der Waals surface area contributed by atoms with E-state index in [1.165, 1.54) is 12.8 Å². The largest absolute Gasteiger partial charge is 0.381 e. The number of anilines is 1.